The molecule has 5 rings (SSSR count). The van der Waals surface area contributed by atoms with E-state index in [1.165, 1.54) is 28.6 Å². The Hall–Kier alpha value is -3.24. The molecule has 0 N–H and O–H groups in total. The van der Waals surface area contributed by atoms with E-state index in [4.69, 9.17) is 4.74 Å². The molecule has 3 atom stereocenters. The summed E-state index contributed by atoms with van der Waals surface area (Å²) in [6, 6.07) is 15.5. The van der Waals surface area contributed by atoms with Gasteiger partial charge in [-0.1, -0.05) is 24.3 Å². The second-order valence-corrected chi connectivity index (χ2v) is 11.5. The fraction of sp³-hybridized carbons (Fsp3) is 0.321. The molecular formula is C28H25F4NO4S. The van der Waals surface area contributed by atoms with Crippen LogP contribution in [0.5, 0.6) is 5.75 Å². The Morgan fingerprint density at radius 3 is 2.34 bits per heavy atom. The van der Waals surface area contributed by atoms with Gasteiger partial charge in [-0.3, -0.25) is 4.79 Å². The maximum absolute atomic E-state index is 13.3. The lowest BCUT2D eigenvalue weighted by Crippen LogP contribution is -2.43. The molecule has 0 unspecified atom stereocenters. The van der Waals surface area contributed by atoms with Gasteiger partial charge < -0.3 is 4.74 Å². The zero-order chi connectivity index (χ0) is 27.1. The first-order valence-corrected chi connectivity index (χ1v) is 13.7. The molecule has 0 radical (unpaired) electrons. The summed E-state index contributed by atoms with van der Waals surface area (Å²) >= 11 is 0. The molecule has 0 bridgehead atoms. The highest BCUT2D eigenvalue weighted by Crippen LogP contribution is 2.50. The number of hydrogen-bond acceptors (Lipinski definition) is 4. The van der Waals surface area contributed by atoms with Crippen LogP contribution >= 0.6 is 0 Å². The van der Waals surface area contributed by atoms with Crippen molar-refractivity contribution >= 4 is 15.8 Å². The minimum atomic E-state index is -4.40. The zero-order valence-corrected chi connectivity index (χ0v) is 21.0. The molecule has 5 nitrogen and oxygen atoms in total. The molecule has 0 aromatic heterocycles. The number of aryl methyl sites for hydroxylation is 1. The van der Waals surface area contributed by atoms with Crippen LogP contribution in [0.25, 0.3) is 0 Å². The fourth-order valence-corrected chi connectivity index (χ4v) is 6.82. The number of nitrogens with zero attached hydrogens (tertiary/aromatic N) is 1. The van der Waals surface area contributed by atoms with Gasteiger partial charge in [0.1, 0.15) is 18.2 Å². The second-order valence-electron chi connectivity index (χ2n) is 9.70. The number of carbonyl (C=O) groups is 1. The number of benzene rings is 3. The number of carbonyl (C=O) groups excluding carboxylic acids is 1. The summed E-state index contributed by atoms with van der Waals surface area (Å²) in [5.41, 5.74) is 0.678. The molecule has 1 aliphatic carbocycles. The van der Waals surface area contributed by atoms with Crippen molar-refractivity contribution in [3.8, 4) is 5.75 Å². The van der Waals surface area contributed by atoms with Gasteiger partial charge in [0, 0.05) is 12.5 Å². The molecule has 1 aliphatic heterocycles. The molecule has 200 valence electrons. The van der Waals surface area contributed by atoms with Crippen molar-refractivity contribution in [2.24, 2.45) is 5.92 Å². The van der Waals surface area contributed by atoms with Crippen molar-refractivity contribution < 1.29 is 35.5 Å². The molecule has 0 amide bonds. The van der Waals surface area contributed by atoms with Gasteiger partial charge in [-0.05, 0) is 84.8 Å². The van der Waals surface area contributed by atoms with Crippen molar-refractivity contribution in [3.05, 3.63) is 95.3 Å². The Kier molecular flexibility index (Phi) is 7.04. The van der Waals surface area contributed by atoms with Crippen molar-refractivity contribution in [2.75, 3.05) is 0 Å². The van der Waals surface area contributed by atoms with Crippen molar-refractivity contribution in [1.82, 2.24) is 4.31 Å². The predicted molar refractivity (Wildman–Crippen MR) is 131 cm³/mol. The molecule has 2 aliphatic rings. The van der Waals surface area contributed by atoms with E-state index >= 15 is 0 Å². The number of alkyl halides is 3. The van der Waals surface area contributed by atoms with E-state index in [0.29, 0.717) is 24.2 Å². The average Bonchev–Trinajstić information content (AvgIpc) is 3.54. The van der Waals surface area contributed by atoms with Gasteiger partial charge in [0.25, 0.3) is 0 Å². The maximum Gasteiger partial charge on any atom is 0.416 e. The molecular weight excluding hydrogens is 522 g/mol. The lowest BCUT2D eigenvalue weighted by molar-refractivity contribution is -0.137. The van der Waals surface area contributed by atoms with Gasteiger partial charge >= 0.3 is 6.18 Å². The van der Waals surface area contributed by atoms with E-state index in [2.05, 4.69) is 0 Å². The van der Waals surface area contributed by atoms with E-state index in [-0.39, 0.29) is 35.7 Å². The Labute approximate surface area is 218 Å². The number of rotatable bonds is 9. The lowest BCUT2D eigenvalue weighted by atomic mass is 10.0. The minimum absolute atomic E-state index is 0.0258. The van der Waals surface area contributed by atoms with Crippen molar-refractivity contribution in [1.29, 1.82) is 0 Å². The molecule has 1 heterocycles. The third kappa shape index (κ3) is 5.61. The summed E-state index contributed by atoms with van der Waals surface area (Å²) in [4.78, 5) is 13.1. The lowest BCUT2D eigenvalue weighted by Gasteiger charge is -2.26. The summed E-state index contributed by atoms with van der Waals surface area (Å²) in [7, 11) is -3.93. The van der Waals surface area contributed by atoms with Crippen LogP contribution in [0.4, 0.5) is 17.6 Å². The monoisotopic (exact) mass is 547 g/mol. The first-order chi connectivity index (χ1) is 18.0. The predicted octanol–water partition coefficient (Wildman–Crippen LogP) is 5.78. The third-order valence-electron chi connectivity index (χ3n) is 7.05. The smallest absolute Gasteiger partial charge is 0.416 e. The molecule has 0 spiro atoms. The highest BCUT2D eigenvalue weighted by atomic mass is 32.2. The van der Waals surface area contributed by atoms with Gasteiger partial charge in [0.15, 0.2) is 5.78 Å². The molecule has 10 heteroatoms. The van der Waals surface area contributed by atoms with E-state index in [1.54, 1.807) is 18.2 Å². The van der Waals surface area contributed by atoms with Gasteiger partial charge in [-0.25, -0.2) is 12.8 Å². The highest BCUT2D eigenvalue weighted by Gasteiger charge is 2.58. The number of Topliss-reactive ketones (excluding diaryl/α,β-unsaturated/α-hetero) is 1. The normalized spacial score (nSPS) is 21.2. The number of hydrogen-bond donors (Lipinski definition) is 0. The van der Waals surface area contributed by atoms with Gasteiger partial charge in [0.2, 0.25) is 10.0 Å². The van der Waals surface area contributed by atoms with Gasteiger partial charge in [0.05, 0.1) is 16.5 Å². The number of piperidine rings is 1. The Bertz CT molecular complexity index is 1420. The van der Waals surface area contributed by atoms with Gasteiger partial charge in [-0.15, -0.1) is 0 Å². The number of halogens is 4. The Balaban J connectivity index is 1.20. The van der Waals surface area contributed by atoms with E-state index in [9.17, 15) is 30.8 Å². The van der Waals surface area contributed by atoms with Crippen LogP contribution in [0.2, 0.25) is 0 Å². The standard InChI is InChI=1S/C28H25F4NO4S/c29-22-9-11-24(12-10-22)38(35,36)33-25-15-20(25)16-26(33)27(34)13-6-18-2-1-3-23(14-18)37-17-19-4-7-21(8-5-19)28(30,31)32/h1-5,7-12,14,20,25-26H,6,13,15-17H2/t20-,25-,26+/m1/s1. The molecule has 1 saturated carbocycles. The molecule has 2 fully saturated rings. The van der Waals surface area contributed by atoms with Gasteiger partial charge in [-0.2, -0.15) is 17.5 Å². The quantitative estimate of drug-likeness (QED) is 0.319. The molecule has 38 heavy (non-hydrogen) atoms. The van der Waals surface area contributed by atoms with E-state index in [1.807, 2.05) is 6.07 Å². The van der Waals surface area contributed by atoms with E-state index < -0.39 is 33.6 Å². The van der Waals surface area contributed by atoms with Crippen LogP contribution in [0.15, 0.2) is 77.7 Å². The van der Waals surface area contributed by atoms with Crippen molar-refractivity contribution in [3.63, 3.8) is 0 Å². The fourth-order valence-electron chi connectivity index (χ4n) is 4.95. The van der Waals surface area contributed by atoms with Crippen LogP contribution < -0.4 is 4.74 Å². The maximum atomic E-state index is 13.3. The first-order valence-electron chi connectivity index (χ1n) is 12.2. The molecule has 1 saturated heterocycles. The summed E-state index contributed by atoms with van der Waals surface area (Å²) < 4.78 is 85.1. The third-order valence-corrected chi connectivity index (χ3v) is 9.00. The minimum Gasteiger partial charge on any atom is -0.489 e. The number of sulfonamides is 1. The highest BCUT2D eigenvalue weighted by molar-refractivity contribution is 7.89. The number of fused-ring (bicyclic) bond motifs is 1. The first kappa shape index (κ1) is 26.4. The van der Waals surface area contributed by atoms with Crippen molar-refractivity contribution in [2.45, 2.75) is 55.4 Å². The zero-order valence-electron chi connectivity index (χ0n) is 20.2. The molecule has 3 aromatic rings. The summed E-state index contributed by atoms with van der Waals surface area (Å²) in [5, 5.41) is 0. The van der Waals surface area contributed by atoms with E-state index in [0.717, 1.165) is 36.2 Å². The van der Waals surface area contributed by atoms with Crippen LogP contribution in [-0.4, -0.2) is 30.6 Å². The summed E-state index contributed by atoms with van der Waals surface area (Å²) in [6.45, 7) is 0.0849. The summed E-state index contributed by atoms with van der Waals surface area (Å²) in [5.74, 6) is -0.0228. The largest absolute Gasteiger partial charge is 0.489 e. The molecule has 3 aromatic carbocycles. The van der Waals surface area contributed by atoms with Crippen LogP contribution in [0, 0.1) is 11.7 Å². The number of ether oxygens (including phenoxy) is 1. The second kappa shape index (κ2) is 10.1. The SMILES string of the molecule is O=C(CCc1cccc(OCc2ccc(C(F)(F)F)cc2)c1)[C@@H]1C[C@H]2C[C@H]2N1S(=O)(=O)c1ccc(F)cc1. The summed E-state index contributed by atoms with van der Waals surface area (Å²) in [6.07, 6.45) is -2.66. The Morgan fingerprint density at radius 2 is 1.66 bits per heavy atom. The average molecular weight is 548 g/mol. The van der Waals surface area contributed by atoms with Crippen LogP contribution in [-0.2, 0) is 34.0 Å². The topological polar surface area (TPSA) is 63.7 Å². The number of ketones is 1. The Morgan fingerprint density at radius 1 is 0.947 bits per heavy atom. The van der Waals surface area contributed by atoms with Crippen LogP contribution in [0.3, 0.4) is 0 Å². The van der Waals surface area contributed by atoms with Crippen LogP contribution in [0.1, 0.15) is 36.0 Å².